The Balaban J connectivity index is 1.68. The fourth-order valence-electron chi connectivity index (χ4n) is 3.02. The van der Waals surface area contributed by atoms with Crippen LogP contribution in [0.1, 0.15) is 38.2 Å². The molecule has 6 nitrogen and oxygen atoms in total. The molecule has 1 atom stereocenters. The minimum Gasteiger partial charge on any atom is -0.344 e. The zero-order valence-corrected chi connectivity index (χ0v) is 17.8. The summed E-state index contributed by atoms with van der Waals surface area (Å²) in [5.41, 5.74) is 1.93. The number of hydrogen-bond donors (Lipinski definition) is 2. The monoisotopic (exact) mass is 422 g/mol. The van der Waals surface area contributed by atoms with Crippen molar-refractivity contribution in [2.45, 2.75) is 45.1 Å². The van der Waals surface area contributed by atoms with Gasteiger partial charge in [-0.2, -0.15) is 0 Å². The molecule has 0 aliphatic carbocycles. The van der Waals surface area contributed by atoms with Crippen LogP contribution in [0.25, 0.3) is 10.6 Å². The summed E-state index contributed by atoms with van der Waals surface area (Å²) >= 11 is 1.31. The highest BCUT2D eigenvalue weighted by Gasteiger charge is 2.22. The van der Waals surface area contributed by atoms with Crippen molar-refractivity contribution in [3.8, 4) is 10.6 Å². The Kier molecular flexibility index (Phi) is 8.09. The third-order valence-electron chi connectivity index (χ3n) is 4.62. The van der Waals surface area contributed by atoms with Crippen molar-refractivity contribution in [1.29, 1.82) is 0 Å². The van der Waals surface area contributed by atoms with Crippen LogP contribution in [0.5, 0.6) is 0 Å². The summed E-state index contributed by atoms with van der Waals surface area (Å²) in [6, 6.07) is 18.7. The Bertz CT molecular complexity index is 944. The van der Waals surface area contributed by atoms with Gasteiger partial charge in [0.15, 0.2) is 0 Å². The van der Waals surface area contributed by atoms with Gasteiger partial charge in [-0.1, -0.05) is 91.8 Å². The predicted molar refractivity (Wildman–Crippen MR) is 120 cm³/mol. The lowest BCUT2D eigenvalue weighted by Gasteiger charge is -2.18. The van der Waals surface area contributed by atoms with Crippen LogP contribution in [0.3, 0.4) is 0 Å². The van der Waals surface area contributed by atoms with E-state index in [9.17, 15) is 9.59 Å². The lowest BCUT2D eigenvalue weighted by molar-refractivity contribution is -0.126. The highest BCUT2D eigenvalue weighted by Crippen LogP contribution is 2.26. The van der Waals surface area contributed by atoms with E-state index in [1.165, 1.54) is 11.3 Å². The number of benzene rings is 2. The van der Waals surface area contributed by atoms with Gasteiger partial charge in [-0.25, -0.2) is 0 Å². The lowest BCUT2D eigenvalue weighted by Crippen LogP contribution is -2.45. The normalized spacial score (nSPS) is 11.6. The van der Waals surface area contributed by atoms with E-state index in [2.05, 4.69) is 27.8 Å². The molecule has 3 rings (SSSR count). The average Bonchev–Trinajstić information content (AvgIpc) is 3.23. The quantitative estimate of drug-likeness (QED) is 0.473. The van der Waals surface area contributed by atoms with Crippen LogP contribution in [-0.2, 0) is 16.0 Å². The fraction of sp³-hybridized carbons (Fsp3) is 0.304. The summed E-state index contributed by atoms with van der Waals surface area (Å²) in [5, 5.41) is 15.1. The molecule has 2 N–H and O–H groups in total. The number of carbonyl (C=O) groups excluding carboxylic acids is 2. The minimum absolute atomic E-state index is 0.109. The molecule has 1 aromatic heterocycles. The molecule has 0 bridgehead atoms. The highest BCUT2D eigenvalue weighted by atomic mass is 32.1. The van der Waals surface area contributed by atoms with Gasteiger partial charge in [0.2, 0.25) is 16.9 Å². The van der Waals surface area contributed by atoms with Crippen molar-refractivity contribution in [2.24, 2.45) is 0 Å². The van der Waals surface area contributed by atoms with E-state index in [0.29, 0.717) is 18.0 Å². The van der Waals surface area contributed by atoms with Crippen LogP contribution in [0, 0.1) is 0 Å². The van der Waals surface area contributed by atoms with Gasteiger partial charge < -0.3 is 5.32 Å². The second-order valence-corrected chi connectivity index (χ2v) is 8.01. The maximum atomic E-state index is 12.9. The first kappa shape index (κ1) is 21.6. The van der Waals surface area contributed by atoms with Crippen molar-refractivity contribution in [2.75, 3.05) is 5.32 Å². The number of nitrogens with zero attached hydrogens (tertiary/aromatic N) is 2. The molecule has 0 aliphatic rings. The number of carbonyl (C=O) groups is 2. The average molecular weight is 423 g/mol. The Morgan fingerprint density at radius 1 is 0.967 bits per heavy atom. The maximum Gasteiger partial charge on any atom is 0.249 e. The molecule has 0 aliphatic heterocycles. The summed E-state index contributed by atoms with van der Waals surface area (Å²) < 4.78 is 0. The van der Waals surface area contributed by atoms with Gasteiger partial charge in [-0.15, -0.1) is 10.2 Å². The molecule has 0 radical (unpaired) electrons. The van der Waals surface area contributed by atoms with Gasteiger partial charge in [0.1, 0.15) is 11.0 Å². The molecule has 156 valence electrons. The van der Waals surface area contributed by atoms with Crippen molar-refractivity contribution < 1.29 is 9.59 Å². The zero-order valence-electron chi connectivity index (χ0n) is 17.0. The first-order valence-electron chi connectivity index (χ1n) is 10.2. The molecule has 3 aromatic rings. The van der Waals surface area contributed by atoms with Crippen LogP contribution in [0.2, 0.25) is 0 Å². The predicted octanol–water partition coefficient (Wildman–Crippen LogP) is 4.45. The Morgan fingerprint density at radius 3 is 2.37 bits per heavy atom. The summed E-state index contributed by atoms with van der Waals surface area (Å²) in [7, 11) is 0. The standard InChI is InChI=1S/C23H26N4O2S/c1-2-3-6-15-20(28)24-19(16-17-11-7-4-8-12-17)21(29)25-23-27-26-22(30-23)18-13-9-5-10-14-18/h4-5,7-14,19H,2-3,6,15-16H2,1H3,(H,24,28)(H,25,27,29)/t19-/m0/s1. The van der Waals surface area contributed by atoms with E-state index < -0.39 is 6.04 Å². The minimum atomic E-state index is -0.675. The molecule has 0 saturated heterocycles. The van der Waals surface area contributed by atoms with Crippen LogP contribution in [-0.4, -0.2) is 28.1 Å². The molecule has 0 fully saturated rings. The molecule has 1 heterocycles. The molecule has 7 heteroatoms. The van der Waals surface area contributed by atoms with Gasteiger partial charge in [0.05, 0.1) is 0 Å². The molecule has 2 amide bonds. The van der Waals surface area contributed by atoms with E-state index in [-0.39, 0.29) is 11.8 Å². The molecular formula is C23H26N4O2S. The Morgan fingerprint density at radius 2 is 1.67 bits per heavy atom. The van der Waals surface area contributed by atoms with Crippen molar-refractivity contribution in [3.63, 3.8) is 0 Å². The van der Waals surface area contributed by atoms with Crippen LogP contribution >= 0.6 is 11.3 Å². The molecule has 30 heavy (non-hydrogen) atoms. The highest BCUT2D eigenvalue weighted by molar-refractivity contribution is 7.18. The van der Waals surface area contributed by atoms with E-state index in [1.54, 1.807) is 0 Å². The largest absolute Gasteiger partial charge is 0.344 e. The van der Waals surface area contributed by atoms with Crippen LogP contribution in [0.15, 0.2) is 60.7 Å². The third kappa shape index (κ3) is 6.49. The molecule has 0 saturated carbocycles. The number of nitrogens with one attached hydrogen (secondary N) is 2. The van der Waals surface area contributed by atoms with Gasteiger partial charge in [-0.3, -0.25) is 14.9 Å². The molecule has 0 spiro atoms. The second-order valence-electron chi connectivity index (χ2n) is 7.03. The summed E-state index contributed by atoms with van der Waals surface area (Å²) in [5.74, 6) is -0.403. The van der Waals surface area contributed by atoms with Gasteiger partial charge in [0.25, 0.3) is 0 Å². The van der Waals surface area contributed by atoms with Crippen molar-refractivity contribution in [3.05, 3.63) is 66.2 Å². The summed E-state index contributed by atoms with van der Waals surface area (Å²) in [6.45, 7) is 2.09. The fourth-order valence-corrected chi connectivity index (χ4v) is 3.78. The van der Waals surface area contributed by atoms with Crippen LogP contribution in [0.4, 0.5) is 5.13 Å². The smallest absolute Gasteiger partial charge is 0.249 e. The van der Waals surface area contributed by atoms with Crippen molar-refractivity contribution >= 4 is 28.3 Å². The number of hydrogen-bond acceptors (Lipinski definition) is 5. The molecule has 0 unspecified atom stereocenters. The molecule has 2 aromatic carbocycles. The number of aromatic nitrogens is 2. The summed E-state index contributed by atoms with van der Waals surface area (Å²) in [4.78, 5) is 25.3. The number of anilines is 1. The van der Waals surface area contributed by atoms with E-state index >= 15 is 0 Å². The maximum absolute atomic E-state index is 12.9. The third-order valence-corrected chi connectivity index (χ3v) is 5.51. The summed E-state index contributed by atoms with van der Waals surface area (Å²) in [6.07, 6.45) is 3.69. The lowest BCUT2D eigenvalue weighted by atomic mass is 10.0. The Labute approximate surface area is 180 Å². The molecular weight excluding hydrogens is 396 g/mol. The van der Waals surface area contributed by atoms with Gasteiger partial charge >= 0.3 is 0 Å². The SMILES string of the molecule is CCCCCC(=O)N[C@@H](Cc1ccccc1)C(=O)Nc1nnc(-c2ccccc2)s1. The zero-order chi connectivity index (χ0) is 21.2. The van der Waals surface area contributed by atoms with Gasteiger partial charge in [0, 0.05) is 18.4 Å². The second kappa shape index (κ2) is 11.2. The number of rotatable bonds is 10. The number of unbranched alkanes of at least 4 members (excludes halogenated alkanes) is 2. The Hall–Kier alpha value is -3.06. The van der Waals surface area contributed by atoms with E-state index in [1.807, 2.05) is 60.7 Å². The van der Waals surface area contributed by atoms with E-state index in [4.69, 9.17) is 0 Å². The van der Waals surface area contributed by atoms with Crippen LogP contribution < -0.4 is 10.6 Å². The first-order valence-corrected chi connectivity index (χ1v) is 11.0. The topological polar surface area (TPSA) is 84.0 Å². The van der Waals surface area contributed by atoms with Gasteiger partial charge in [-0.05, 0) is 12.0 Å². The van der Waals surface area contributed by atoms with E-state index in [0.717, 1.165) is 35.4 Å². The number of amides is 2. The first-order chi connectivity index (χ1) is 14.7. The van der Waals surface area contributed by atoms with Crippen molar-refractivity contribution in [1.82, 2.24) is 15.5 Å².